The van der Waals surface area contributed by atoms with E-state index < -0.39 is 5.97 Å². The molecule has 0 aliphatic rings. The molecule has 0 spiro atoms. The maximum absolute atomic E-state index is 10.8. The fourth-order valence-corrected chi connectivity index (χ4v) is 2.19. The topological polar surface area (TPSA) is 37.3 Å². The lowest BCUT2D eigenvalue weighted by Gasteiger charge is -2.09. The molecule has 0 aromatic heterocycles. The molecule has 0 heterocycles. The number of carbonyl (C=O) groups is 1. The van der Waals surface area contributed by atoms with Crippen molar-refractivity contribution < 1.29 is 9.90 Å². The molecule has 13 heavy (non-hydrogen) atoms. The monoisotopic (exact) mass is 242 g/mol. The van der Waals surface area contributed by atoms with E-state index in [2.05, 4.69) is 15.9 Å². The van der Waals surface area contributed by atoms with Crippen molar-refractivity contribution in [1.29, 1.82) is 0 Å². The first-order valence-electron chi connectivity index (χ1n) is 3.96. The van der Waals surface area contributed by atoms with Crippen LogP contribution >= 0.6 is 15.9 Å². The van der Waals surface area contributed by atoms with Gasteiger partial charge in [0.2, 0.25) is 0 Å². The SMILES string of the molecule is Cc1ccc(C(=O)O)c(C)c1CBr. The van der Waals surface area contributed by atoms with Gasteiger partial charge in [-0.1, -0.05) is 22.0 Å². The van der Waals surface area contributed by atoms with Crippen LogP contribution in [-0.2, 0) is 5.33 Å². The van der Waals surface area contributed by atoms with Gasteiger partial charge in [0, 0.05) is 5.33 Å². The van der Waals surface area contributed by atoms with Crippen LogP contribution in [0.2, 0.25) is 0 Å². The van der Waals surface area contributed by atoms with E-state index >= 15 is 0 Å². The fourth-order valence-electron chi connectivity index (χ4n) is 1.33. The van der Waals surface area contributed by atoms with Crippen LogP contribution in [0.5, 0.6) is 0 Å². The minimum atomic E-state index is -0.861. The molecule has 0 aliphatic heterocycles. The van der Waals surface area contributed by atoms with Crippen LogP contribution in [0.25, 0.3) is 0 Å². The highest BCUT2D eigenvalue weighted by Gasteiger charge is 2.11. The largest absolute Gasteiger partial charge is 0.478 e. The van der Waals surface area contributed by atoms with Gasteiger partial charge < -0.3 is 5.11 Å². The lowest BCUT2D eigenvalue weighted by molar-refractivity contribution is 0.0696. The molecule has 0 saturated heterocycles. The van der Waals surface area contributed by atoms with Crippen LogP contribution in [0.4, 0.5) is 0 Å². The van der Waals surface area contributed by atoms with Gasteiger partial charge in [0.05, 0.1) is 5.56 Å². The van der Waals surface area contributed by atoms with Gasteiger partial charge in [-0.15, -0.1) is 0 Å². The Hall–Kier alpha value is -0.830. The Morgan fingerprint density at radius 1 is 1.46 bits per heavy atom. The average Bonchev–Trinajstić information content (AvgIpc) is 2.04. The molecule has 0 atom stereocenters. The predicted molar refractivity (Wildman–Crippen MR) is 55.5 cm³/mol. The number of hydrogen-bond donors (Lipinski definition) is 1. The summed E-state index contributed by atoms with van der Waals surface area (Å²) in [7, 11) is 0. The van der Waals surface area contributed by atoms with Crippen molar-refractivity contribution in [2.24, 2.45) is 0 Å². The minimum Gasteiger partial charge on any atom is -0.478 e. The number of alkyl halides is 1. The summed E-state index contributed by atoms with van der Waals surface area (Å²) in [6.07, 6.45) is 0. The van der Waals surface area contributed by atoms with E-state index in [-0.39, 0.29) is 0 Å². The first-order chi connectivity index (χ1) is 6.07. The number of carboxylic acid groups (broad SMARTS) is 1. The molecule has 70 valence electrons. The predicted octanol–water partition coefficient (Wildman–Crippen LogP) is 2.90. The van der Waals surface area contributed by atoms with Crippen LogP contribution < -0.4 is 0 Å². The Balaban J connectivity index is 3.35. The fraction of sp³-hybridized carbons (Fsp3) is 0.300. The molecule has 1 aromatic rings. The minimum absolute atomic E-state index is 0.389. The Morgan fingerprint density at radius 2 is 2.08 bits per heavy atom. The lowest BCUT2D eigenvalue weighted by Crippen LogP contribution is -2.03. The van der Waals surface area contributed by atoms with Crippen LogP contribution in [0, 0.1) is 13.8 Å². The van der Waals surface area contributed by atoms with E-state index in [0.717, 1.165) is 16.7 Å². The molecular weight excluding hydrogens is 232 g/mol. The molecule has 3 heteroatoms. The second-order valence-electron chi connectivity index (χ2n) is 2.97. The van der Waals surface area contributed by atoms with Gasteiger partial charge in [0.1, 0.15) is 0 Å². The van der Waals surface area contributed by atoms with E-state index in [4.69, 9.17) is 5.11 Å². The van der Waals surface area contributed by atoms with E-state index in [0.29, 0.717) is 10.9 Å². The van der Waals surface area contributed by atoms with Crippen molar-refractivity contribution in [3.63, 3.8) is 0 Å². The highest BCUT2D eigenvalue weighted by Crippen LogP contribution is 2.20. The van der Waals surface area contributed by atoms with E-state index in [9.17, 15) is 4.79 Å². The van der Waals surface area contributed by atoms with Crippen molar-refractivity contribution in [2.45, 2.75) is 19.2 Å². The molecule has 0 unspecified atom stereocenters. The Kier molecular flexibility index (Phi) is 3.09. The summed E-state index contributed by atoms with van der Waals surface area (Å²) in [5.41, 5.74) is 3.43. The van der Waals surface area contributed by atoms with Gasteiger partial charge in [-0.05, 0) is 36.6 Å². The highest BCUT2D eigenvalue weighted by atomic mass is 79.9. The van der Waals surface area contributed by atoms with Gasteiger partial charge in [-0.2, -0.15) is 0 Å². The van der Waals surface area contributed by atoms with Crippen molar-refractivity contribution in [3.8, 4) is 0 Å². The summed E-state index contributed by atoms with van der Waals surface area (Å²) >= 11 is 3.35. The van der Waals surface area contributed by atoms with E-state index in [1.54, 1.807) is 6.07 Å². The van der Waals surface area contributed by atoms with Gasteiger partial charge >= 0.3 is 5.97 Å². The van der Waals surface area contributed by atoms with Crippen molar-refractivity contribution in [2.75, 3.05) is 0 Å². The van der Waals surface area contributed by atoms with Gasteiger partial charge in [0.25, 0.3) is 0 Å². The smallest absolute Gasteiger partial charge is 0.335 e. The molecule has 1 rings (SSSR count). The molecule has 0 bridgehead atoms. The molecule has 0 aliphatic carbocycles. The molecule has 0 amide bonds. The number of rotatable bonds is 2. The third kappa shape index (κ3) is 1.91. The zero-order valence-electron chi connectivity index (χ0n) is 7.60. The van der Waals surface area contributed by atoms with Gasteiger partial charge in [-0.3, -0.25) is 0 Å². The van der Waals surface area contributed by atoms with Crippen LogP contribution in [0.3, 0.4) is 0 Å². The van der Waals surface area contributed by atoms with Gasteiger partial charge in [-0.25, -0.2) is 4.79 Å². The molecule has 0 saturated carbocycles. The molecule has 2 nitrogen and oxygen atoms in total. The highest BCUT2D eigenvalue weighted by molar-refractivity contribution is 9.08. The molecule has 0 radical (unpaired) electrons. The van der Waals surface area contributed by atoms with Crippen molar-refractivity contribution in [1.82, 2.24) is 0 Å². The summed E-state index contributed by atoms with van der Waals surface area (Å²) in [4.78, 5) is 10.8. The number of hydrogen-bond acceptors (Lipinski definition) is 1. The zero-order chi connectivity index (χ0) is 10.0. The second kappa shape index (κ2) is 3.92. The van der Waals surface area contributed by atoms with Crippen LogP contribution in [0.1, 0.15) is 27.0 Å². The summed E-state index contributed by atoms with van der Waals surface area (Å²) in [6, 6.07) is 3.49. The molecule has 0 fully saturated rings. The van der Waals surface area contributed by atoms with E-state index in [1.807, 2.05) is 19.9 Å². The third-order valence-electron chi connectivity index (χ3n) is 2.20. The maximum atomic E-state index is 10.8. The number of aryl methyl sites for hydroxylation is 1. The zero-order valence-corrected chi connectivity index (χ0v) is 9.18. The van der Waals surface area contributed by atoms with E-state index in [1.165, 1.54) is 0 Å². The average molecular weight is 243 g/mol. The molecule has 1 N–H and O–H groups in total. The Labute approximate surface area is 85.7 Å². The van der Waals surface area contributed by atoms with Crippen molar-refractivity contribution in [3.05, 3.63) is 34.4 Å². The quantitative estimate of drug-likeness (QED) is 0.811. The second-order valence-corrected chi connectivity index (χ2v) is 3.53. The Morgan fingerprint density at radius 3 is 2.54 bits per heavy atom. The van der Waals surface area contributed by atoms with Crippen LogP contribution in [0.15, 0.2) is 12.1 Å². The summed E-state index contributed by atoms with van der Waals surface area (Å²) in [5.74, 6) is -0.861. The summed E-state index contributed by atoms with van der Waals surface area (Å²) in [6.45, 7) is 3.82. The Bertz CT molecular complexity index is 345. The third-order valence-corrected chi connectivity index (χ3v) is 2.76. The summed E-state index contributed by atoms with van der Waals surface area (Å²) < 4.78 is 0. The molecular formula is C10H11BrO2. The van der Waals surface area contributed by atoms with Crippen molar-refractivity contribution >= 4 is 21.9 Å². The van der Waals surface area contributed by atoms with Gasteiger partial charge in [0.15, 0.2) is 0 Å². The number of aromatic carboxylic acids is 1. The summed E-state index contributed by atoms with van der Waals surface area (Å²) in [5, 5.41) is 9.56. The first kappa shape index (κ1) is 10.3. The maximum Gasteiger partial charge on any atom is 0.335 e. The normalized spacial score (nSPS) is 10.1. The lowest BCUT2D eigenvalue weighted by atomic mass is 9.99. The molecule has 1 aromatic carbocycles. The number of benzene rings is 1. The first-order valence-corrected chi connectivity index (χ1v) is 5.08. The standard InChI is InChI=1S/C10H11BrO2/c1-6-3-4-8(10(12)13)7(2)9(6)5-11/h3-4H,5H2,1-2H3,(H,12,13). The van der Waals surface area contributed by atoms with Crippen LogP contribution in [-0.4, -0.2) is 11.1 Å². The number of carboxylic acids is 1. The number of halogens is 1.